The van der Waals surface area contributed by atoms with E-state index in [1.165, 1.54) is 23.0 Å². The van der Waals surface area contributed by atoms with Crippen LogP contribution in [0.1, 0.15) is 41.0 Å². The molecule has 2 aromatic heterocycles. The summed E-state index contributed by atoms with van der Waals surface area (Å²) in [6, 6.07) is 12.5. The van der Waals surface area contributed by atoms with Crippen molar-refractivity contribution in [1.29, 1.82) is 0 Å². The fraction of sp³-hybridized carbons (Fsp3) is 0.250. The first-order valence-electron chi connectivity index (χ1n) is 10.5. The Bertz CT molecular complexity index is 1310. The van der Waals surface area contributed by atoms with E-state index in [1.54, 1.807) is 30.3 Å². The normalized spacial score (nSPS) is 11.5. The van der Waals surface area contributed by atoms with Gasteiger partial charge in [-0.05, 0) is 41.7 Å². The van der Waals surface area contributed by atoms with Crippen molar-refractivity contribution >= 4 is 5.97 Å². The van der Waals surface area contributed by atoms with E-state index in [2.05, 4.69) is 15.2 Å². The Morgan fingerprint density at radius 1 is 1.09 bits per heavy atom. The van der Waals surface area contributed by atoms with Gasteiger partial charge in [-0.2, -0.15) is 23.3 Å². The fourth-order valence-electron chi connectivity index (χ4n) is 3.55. The number of nitrogens with zero attached hydrogens (tertiary/aromatic N) is 4. The number of hydrogen-bond acceptors (Lipinski definition) is 6. The number of carboxylic acid groups (broad SMARTS) is 1. The zero-order valence-corrected chi connectivity index (χ0v) is 21.3. The summed E-state index contributed by atoms with van der Waals surface area (Å²) in [5, 5.41) is 18.6. The van der Waals surface area contributed by atoms with Gasteiger partial charge >= 0.3 is 35.7 Å². The predicted molar refractivity (Wildman–Crippen MR) is 114 cm³/mol. The van der Waals surface area contributed by atoms with Crippen molar-refractivity contribution in [3.8, 4) is 22.8 Å². The van der Waals surface area contributed by atoms with Gasteiger partial charge in [-0.1, -0.05) is 49.3 Å². The molecule has 0 aliphatic carbocycles. The topological polar surface area (TPSA) is 96.9 Å². The number of alkyl halides is 3. The van der Waals surface area contributed by atoms with Crippen LogP contribution in [0.15, 0.2) is 59.3 Å². The molecular weight excluding hydrogens is 472 g/mol. The Balaban J connectivity index is 0.00000342. The van der Waals surface area contributed by atoms with Gasteiger partial charge in [-0.25, -0.2) is 0 Å². The maximum atomic E-state index is 13.6. The number of aromatic carboxylic acids is 1. The molecule has 0 radical (unpaired) electrons. The third-order valence-corrected chi connectivity index (χ3v) is 5.12. The number of carbonyl (C=O) groups is 1. The summed E-state index contributed by atoms with van der Waals surface area (Å²) >= 11 is 0. The Labute approximate surface area is 221 Å². The number of carbonyl (C=O) groups excluding carboxylic acids is 1. The van der Waals surface area contributed by atoms with Gasteiger partial charge in [0.2, 0.25) is 5.82 Å². The first-order chi connectivity index (χ1) is 16.1. The Morgan fingerprint density at radius 2 is 1.77 bits per heavy atom. The van der Waals surface area contributed by atoms with Gasteiger partial charge in [-0.15, -0.1) is 0 Å². The SMILES string of the molecule is CC(C)Cc1ccc(-c2nc(-c3ccc(Cn4ccc(C(=O)[O-])n4)cc3)no2)cc1C(F)(F)F.[Na+]. The minimum absolute atomic E-state index is 0. The molecule has 2 aromatic carbocycles. The number of carboxylic acids is 1. The van der Waals surface area contributed by atoms with Gasteiger partial charge in [0, 0.05) is 17.3 Å². The van der Waals surface area contributed by atoms with E-state index < -0.39 is 17.7 Å². The van der Waals surface area contributed by atoms with Crippen LogP contribution in [0.25, 0.3) is 22.8 Å². The van der Waals surface area contributed by atoms with E-state index in [1.807, 2.05) is 13.8 Å². The number of aromatic nitrogens is 4. The molecule has 176 valence electrons. The molecule has 0 aliphatic heterocycles. The number of rotatable bonds is 7. The average Bonchev–Trinajstić information content (AvgIpc) is 3.44. The van der Waals surface area contributed by atoms with Crippen molar-refractivity contribution in [3.05, 3.63) is 77.1 Å². The van der Waals surface area contributed by atoms with Crippen LogP contribution in [0.2, 0.25) is 0 Å². The van der Waals surface area contributed by atoms with Crippen LogP contribution in [0, 0.1) is 5.92 Å². The molecule has 0 atom stereocenters. The van der Waals surface area contributed by atoms with Crippen LogP contribution >= 0.6 is 0 Å². The molecule has 0 saturated heterocycles. The third-order valence-electron chi connectivity index (χ3n) is 5.12. The summed E-state index contributed by atoms with van der Waals surface area (Å²) in [6.07, 6.45) is -2.65. The van der Waals surface area contributed by atoms with Crippen LogP contribution in [-0.4, -0.2) is 25.9 Å². The van der Waals surface area contributed by atoms with Crippen molar-refractivity contribution in [2.24, 2.45) is 5.92 Å². The van der Waals surface area contributed by atoms with E-state index in [0.29, 0.717) is 18.5 Å². The fourth-order valence-corrected chi connectivity index (χ4v) is 3.55. The Hall–Kier alpha value is -2.95. The molecule has 0 spiro atoms. The second kappa shape index (κ2) is 10.8. The molecule has 4 aromatic rings. The number of halogens is 3. The molecule has 0 fully saturated rings. The largest absolute Gasteiger partial charge is 1.00 e. The van der Waals surface area contributed by atoms with Gasteiger partial charge in [0.05, 0.1) is 18.1 Å². The summed E-state index contributed by atoms with van der Waals surface area (Å²) in [6.45, 7) is 4.07. The Kier molecular flexibility index (Phi) is 8.19. The van der Waals surface area contributed by atoms with Gasteiger partial charge in [0.1, 0.15) is 5.69 Å². The number of benzene rings is 2. The number of hydrogen-bond donors (Lipinski definition) is 0. The summed E-state index contributed by atoms with van der Waals surface area (Å²) in [4.78, 5) is 15.1. The predicted octanol–water partition coefficient (Wildman–Crippen LogP) is 1.23. The second-order valence-corrected chi connectivity index (χ2v) is 8.27. The standard InChI is InChI=1S/C24H21F3N4O3.Na/c1-14(2)11-17-7-8-18(12-19(17)24(25,26)27)22-28-21(30-34-22)16-5-3-15(4-6-16)13-31-10-9-20(29-31)23(32)33;/h3-10,12,14H,11,13H2,1-2H3,(H,32,33);/q;+1/p-1. The molecular formula is C24H20F3N4NaO3. The molecule has 0 N–H and O–H groups in total. The van der Waals surface area contributed by atoms with E-state index >= 15 is 0 Å². The van der Waals surface area contributed by atoms with Crippen LogP contribution in [0.5, 0.6) is 0 Å². The summed E-state index contributed by atoms with van der Waals surface area (Å²) in [5.74, 6) is -1.04. The van der Waals surface area contributed by atoms with Crippen LogP contribution < -0.4 is 34.7 Å². The van der Waals surface area contributed by atoms with Gasteiger partial charge in [0.25, 0.3) is 5.89 Å². The van der Waals surface area contributed by atoms with Crippen molar-refractivity contribution in [2.45, 2.75) is 33.0 Å². The zero-order valence-electron chi connectivity index (χ0n) is 19.3. The average molecular weight is 492 g/mol. The zero-order chi connectivity index (χ0) is 24.5. The molecule has 11 heteroatoms. The molecule has 0 aliphatic rings. The molecule has 35 heavy (non-hydrogen) atoms. The maximum absolute atomic E-state index is 13.6. The van der Waals surface area contributed by atoms with Gasteiger partial charge in [0.15, 0.2) is 0 Å². The quantitative estimate of drug-likeness (QED) is 0.360. The minimum atomic E-state index is -4.49. The first-order valence-corrected chi connectivity index (χ1v) is 10.5. The van der Waals surface area contributed by atoms with Crippen molar-refractivity contribution in [2.75, 3.05) is 0 Å². The van der Waals surface area contributed by atoms with E-state index in [-0.39, 0.29) is 64.0 Å². The van der Waals surface area contributed by atoms with Gasteiger partial charge < -0.3 is 14.4 Å². The molecule has 0 unspecified atom stereocenters. The van der Waals surface area contributed by atoms with Crippen LogP contribution in [0.3, 0.4) is 0 Å². The van der Waals surface area contributed by atoms with Crippen molar-refractivity contribution in [3.63, 3.8) is 0 Å². The Morgan fingerprint density at radius 3 is 2.37 bits per heavy atom. The first kappa shape index (κ1) is 26.7. The monoisotopic (exact) mass is 492 g/mol. The summed E-state index contributed by atoms with van der Waals surface area (Å²) < 4.78 is 47.5. The van der Waals surface area contributed by atoms with Crippen molar-refractivity contribution in [1.82, 2.24) is 19.9 Å². The molecule has 7 nitrogen and oxygen atoms in total. The van der Waals surface area contributed by atoms with Crippen molar-refractivity contribution < 1.29 is 57.2 Å². The summed E-state index contributed by atoms with van der Waals surface area (Å²) in [5.41, 5.74) is 1.02. The minimum Gasteiger partial charge on any atom is -0.543 e. The maximum Gasteiger partial charge on any atom is 1.00 e. The molecule has 0 bridgehead atoms. The van der Waals surface area contributed by atoms with Crippen LogP contribution in [-0.2, 0) is 19.1 Å². The van der Waals surface area contributed by atoms with Crippen LogP contribution in [0.4, 0.5) is 13.2 Å². The molecule has 0 saturated carbocycles. The second-order valence-electron chi connectivity index (χ2n) is 8.27. The van der Waals surface area contributed by atoms with Gasteiger partial charge in [-0.3, -0.25) is 4.68 Å². The third kappa shape index (κ3) is 6.39. The van der Waals surface area contributed by atoms with E-state index in [9.17, 15) is 23.1 Å². The smallest absolute Gasteiger partial charge is 0.543 e. The van der Waals surface area contributed by atoms with E-state index in [4.69, 9.17) is 4.52 Å². The summed E-state index contributed by atoms with van der Waals surface area (Å²) in [7, 11) is 0. The van der Waals surface area contributed by atoms with E-state index in [0.717, 1.165) is 11.6 Å². The molecule has 4 rings (SSSR count). The molecule has 2 heterocycles. The molecule has 0 amide bonds.